The lowest BCUT2D eigenvalue weighted by Gasteiger charge is -2.26. The van der Waals surface area contributed by atoms with Crippen LogP contribution in [-0.4, -0.2) is 27.1 Å². The normalized spacial score (nSPS) is 18.7. The van der Waals surface area contributed by atoms with E-state index < -0.39 is 0 Å². The number of hydrogen-bond acceptors (Lipinski definition) is 3. The monoisotopic (exact) mass is 253 g/mol. The van der Waals surface area contributed by atoms with E-state index in [1.54, 1.807) is 0 Å². The Hall–Kier alpha value is -0.480. The lowest BCUT2D eigenvalue weighted by atomic mass is 10.1. The van der Waals surface area contributed by atoms with Crippen LogP contribution in [0.15, 0.2) is 12.5 Å². The summed E-state index contributed by atoms with van der Waals surface area (Å²) in [5.41, 5.74) is 1.15. The minimum Gasteiger partial charge on any atom is -0.336 e. The first-order chi connectivity index (χ1) is 8.28. The number of nitrogens with one attached hydrogen (secondary N) is 1. The van der Waals surface area contributed by atoms with Gasteiger partial charge in [-0.2, -0.15) is 11.8 Å². The summed E-state index contributed by atoms with van der Waals surface area (Å²) < 4.78 is 2.74. The summed E-state index contributed by atoms with van der Waals surface area (Å²) in [7, 11) is 0. The number of thioether (sulfide) groups is 1. The molecule has 17 heavy (non-hydrogen) atoms. The van der Waals surface area contributed by atoms with Gasteiger partial charge in [0.2, 0.25) is 0 Å². The van der Waals surface area contributed by atoms with Crippen molar-refractivity contribution in [3.63, 3.8) is 0 Å². The van der Waals surface area contributed by atoms with Gasteiger partial charge in [0.05, 0.1) is 12.0 Å². The second kappa shape index (κ2) is 5.91. The second-order valence-electron chi connectivity index (χ2n) is 4.91. The molecule has 3 nitrogen and oxygen atoms in total. The summed E-state index contributed by atoms with van der Waals surface area (Å²) >= 11 is 2.04. The fourth-order valence-electron chi connectivity index (χ4n) is 2.62. The lowest BCUT2D eigenvalue weighted by molar-refractivity contribution is 0.505. The third-order valence-corrected chi connectivity index (χ3v) is 5.06. The molecular weight excluding hydrogens is 230 g/mol. The van der Waals surface area contributed by atoms with Gasteiger partial charge in [0.25, 0.3) is 0 Å². The molecule has 0 spiro atoms. The van der Waals surface area contributed by atoms with E-state index in [1.807, 2.05) is 18.1 Å². The molecule has 1 fully saturated rings. The first kappa shape index (κ1) is 13.0. The zero-order valence-corrected chi connectivity index (χ0v) is 11.7. The van der Waals surface area contributed by atoms with Crippen molar-refractivity contribution in [1.29, 1.82) is 0 Å². The van der Waals surface area contributed by atoms with E-state index in [0.29, 0.717) is 4.75 Å². The Morgan fingerprint density at radius 3 is 2.88 bits per heavy atom. The van der Waals surface area contributed by atoms with Crippen LogP contribution in [0.2, 0.25) is 0 Å². The highest BCUT2D eigenvalue weighted by Crippen LogP contribution is 2.41. The quantitative estimate of drug-likeness (QED) is 0.845. The summed E-state index contributed by atoms with van der Waals surface area (Å²) in [5.74, 6) is 0. The van der Waals surface area contributed by atoms with Gasteiger partial charge in [0.1, 0.15) is 0 Å². The standard InChI is InChI=1S/C13H23N3S/c1-3-14-8-12-9-16(11-15-12)10-13(17-2)6-4-5-7-13/h9,11,14H,3-8,10H2,1-2H3. The molecule has 0 bridgehead atoms. The highest BCUT2D eigenvalue weighted by molar-refractivity contribution is 8.00. The molecule has 96 valence electrons. The number of nitrogens with zero attached hydrogens (tertiary/aromatic N) is 2. The third-order valence-electron chi connectivity index (χ3n) is 3.66. The van der Waals surface area contributed by atoms with Gasteiger partial charge in [-0.15, -0.1) is 0 Å². The van der Waals surface area contributed by atoms with Crippen molar-refractivity contribution in [2.24, 2.45) is 0 Å². The Balaban J connectivity index is 1.95. The highest BCUT2D eigenvalue weighted by atomic mass is 32.2. The molecule has 2 rings (SSSR count). The van der Waals surface area contributed by atoms with Crippen molar-refractivity contribution in [2.75, 3.05) is 12.8 Å². The number of rotatable bonds is 6. The van der Waals surface area contributed by atoms with Crippen molar-refractivity contribution in [3.8, 4) is 0 Å². The fourth-order valence-corrected chi connectivity index (χ4v) is 3.59. The van der Waals surface area contributed by atoms with Crippen LogP contribution in [0.5, 0.6) is 0 Å². The zero-order valence-electron chi connectivity index (χ0n) is 10.9. The van der Waals surface area contributed by atoms with Crippen LogP contribution in [0.3, 0.4) is 0 Å². The number of hydrogen-bond donors (Lipinski definition) is 1. The Bertz CT molecular complexity index is 342. The van der Waals surface area contributed by atoms with E-state index in [1.165, 1.54) is 25.7 Å². The molecule has 0 radical (unpaired) electrons. The summed E-state index contributed by atoms with van der Waals surface area (Å²) in [6.45, 7) is 5.13. The maximum atomic E-state index is 4.45. The van der Waals surface area contributed by atoms with Crippen LogP contribution < -0.4 is 5.32 Å². The molecule has 0 unspecified atom stereocenters. The Kier molecular flexibility index (Phi) is 4.51. The largest absolute Gasteiger partial charge is 0.336 e. The summed E-state index contributed by atoms with van der Waals surface area (Å²) in [4.78, 5) is 4.45. The molecular formula is C13H23N3S. The summed E-state index contributed by atoms with van der Waals surface area (Å²) in [6.07, 6.45) is 11.9. The molecule has 1 aromatic heterocycles. The SMILES string of the molecule is CCNCc1cn(CC2(SC)CCCC2)cn1. The Morgan fingerprint density at radius 1 is 1.47 bits per heavy atom. The van der Waals surface area contributed by atoms with Crippen molar-refractivity contribution in [2.45, 2.75) is 50.4 Å². The Morgan fingerprint density at radius 2 is 2.24 bits per heavy atom. The van der Waals surface area contributed by atoms with E-state index in [0.717, 1.165) is 25.3 Å². The van der Waals surface area contributed by atoms with Crippen LogP contribution in [0, 0.1) is 0 Å². The minimum atomic E-state index is 0.468. The van der Waals surface area contributed by atoms with Crippen LogP contribution in [0.25, 0.3) is 0 Å². The fraction of sp³-hybridized carbons (Fsp3) is 0.769. The van der Waals surface area contributed by atoms with Crippen LogP contribution in [-0.2, 0) is 13.1 Å². The number of imidazole rings is 1. The summed E-state index contributed by atoms with van der Waals surface area (Å²) in [5, 5.41) is 3.31. The van der Waals surface area contributed by atoms with Gasteiger partial charge >= 0.3 is 0 Å². The molecule has 0 saturated heterocycles. The molecule has 1 aliphatic rings. The molecule has 4 heteroatoms. The van der Waals surface area contributed by atoms with Gasteiger partial charge in [-0.25, -0.2) is 4.98 Å². The van der Waals surface area contributed by atoms with Crippen molar-refractivity contribution in [1.82, 2.24) is 14.9 Å². The maximum absolute atomic E-state index is 4.45. The van der Waals surface area contributed by atoms with Gasteiger partial charge in [-0.3, -0.25) is 0 Å². The van der Waals surface area contributed by atoms with E-state index in [-0.39, 0.29) is 0 Å². The zero-order chi connectivity index (χ0) is 12.1. The van der Waals surface area contributed by atoms with E-state index in [4.69, 9.17) is 0 Å². The molecule has 1 heterocycles. The maximum Gasteiger partial charge on any atom is 0.0950 e. The molecule has 0 atom stereocenters. The Labute approximate surface area is 108 Å². The number of aromatic nitrogens is 2. The van der Waals surface area contributed by atoms with Crippen LogP contribution in [0.4, 0.5) is 0 Å². The first-order valence-electron chi connectivity index (χ1n) is 6.54. The second-order valence-corrected chi connectivity index (χ2v) is 6.19. The van der Waals surface area contributed by atoms with Gasteiger partial charge in [0.15, 0.2) is 0 Å². The molecule has 1 saturated carbocycles. The average Bonchev–Trinajstić information content (AvgIpc) is 2.97. The van der Waals surface area contributed by atoms with Crippen LogP contribution in [0.1, 0.15) is 38.3 Å². The third kappa shape index (κ3) is 3.26. The predicted octanol–water partition coefficient (Wildman–Crippen LogP) is 2.67. The van der Waals surface area contributed by atoms with Gasteiger partial charge < -0.3 is 9.88 Å². The smallest absolute Gasteiger partial charge is 0.0950 e. The molecule has 1 aromatic rings. The molecule has 0 amide bonds. The minimum absolute atomic E-state index is 0.468. The van der Waals surface area contributed by atoms with E-state index >= 15 is 0 Å². The van der Waals surface area contributed by atoms with Gasteiger partial charge in [-0.1, -0.05) is 19.8 Å². The first-order valence-corrected chi connectivity index (χ1v) is 7.77. The van der Waals surface area contributed by atoms with Crippen molar-refractivity contribution < 1.29 is 0 Å². The van der Waals surface area contributed by atoms with E-state index in [9.17, 15) is 0 Å². The highest BCUT2D eigenvalue weighted by Gasteiger charge is 2.33. The van der Waals surface area contributed by atoms with Gasteiger partial charge in [-0.05, 0) is 25.6 Å². The summed E-state index contributed by atoms with van der Waals surface area (Å²) in [6, 6.07) is 0. The topological polar surface area (TPSA) is 29.9 Å². The predicted molar refractivity (Wildman–Crippen MR) is 74.3 cm³/mol. The molecule has 1 N–H and O–H groups in total. The molecule has 0 aliphatic heterocycles. The molecule has 0 aromatic carbocycles. The van der Waals surface area contributed by atoms with Gasteiger partial charge in [0, 0.05) is 24.0 Å². The average molecular weight is 253 g/mol. The lowest BCUT2D eigenvalue weighted by Crippen LogP contribution is -2.26. The molecule has 1 aliphatic carbocycles. The van der Waals surface area contributed by atoms with E-state index in [2.05, 4.69) is 34.2 Å². The van der Waals surface area contributed by atoms with Crippen molar-refractivity contribution in [3.05, 3.63) is 18.2 Å². The van der Waals surface area contributed by atoms with Crippen molar-refractivity contribution >= 4 is 11.8 Å². The van der Waals surface area contributed by atoms with Crippen LogP contribution >= 0.6 is 11.8 Å².